The SMILES string of the molecule is O=C(/C=C/CN1CCN(C2CCCC2)CC1)N1CCc2c(sc3ncnc(Nc4ccc(F)c(Cl)c4)c23)C1. The summed E-state index contributed by atoms with van der Waals surface area (Å²) in [5.41, 5.74) is 1.84. The number of carbonyl (C=O) groups is 1. The lowest BCUT2D eigenvalue weighted by atomic mass is 10.0. The summed E-state index contributed by atoms with van der Waals surface area (Å²) in [5, 5.41) is 4.29. The fraction of sp³-hybridized carbons (Fsp3) is 0.464. The van der Waals surface area contributed by atoms with Gasteiger partial charge in [-0.2, -0.15) is 0 Å². The molecule has 2 fully saturated rings. The lowest BCUT2D eigenvalue weighted by Crippen LogP contribution is -2.49. The number of hydrogen-bond acceptors (Lipinski definition) is 7. The predicted octanol–water partition coefficient (Wildman–Crippen LogP) is 5.23. The Kier molecular flexibility index (Phi) is 7.61. The molecule has 200 valence electrons. The maximum absolute atomic E-state index is 13.6. The van der Waals surface area contributed by atoms with E-state index in [4.69, 9.17) is 11.6 Å². The molecule has 0 unspecified atom stereocenters. The lowest BCUT2D eigenvalue weighted by Gasteiger charge is -2.37. The highest BCUT2D eigenvalue weighted by Gasteiger charge is 2.27. The fourth-order valence-electron chi connectivity index (χ4n) is 5.91. The summed E-state index contributed by atoms with van der Waals surface area (Å²) in [4.78, 5) is 30.9. The lowest BCUT2D eigenvalue weighted by molar-refractivity contribution is -0.126. The van der Waals surface area contributed by atoms with E-state index in [9.17, 15) is 9.18 Å². The van der Waals surface area contributed by atoms with Gasteiger partial charge in [0.05, 0.1) is 17.0 Å². The van der Waals surface area contributed by atoms with Crippen LogP contribution in [-0.2, 0) is 17.8 Å². The number of piperazine rings is 1. The molecular formula is C28H32ClFN6OS. The Bertz CT molecular complexity index is 1350. The van der Waals surface area contributed by atoms with Crippen molar-refractivity contribution in [1.29, 1.82) is 0 Å². The number of amides is 1. The molecule has 4 heterocycles. The molecule has 0 spiro atoms. The van der Waals surface area contributed by atoms with Crippen LogP contribution >= 0.6 is 22.9 Å². The molecule has 1 aliphatic carbocycles. The summed E-state index contributed by atoms with van der Waals surface area (Å²) < 4.78 is 13.6. The Morgan fingerprint density at radius 2 is 1.97 bits per heavy atom. The van der Waals surface area contributed by atoms with Gasteiger partial charge in [-0.1, -0.05) is 30.5 Å². The van der Waals surface area contributed by atoms with E-state index in [1.807, 2.05) is 11.0 Å². The number of thiophene rings is 1. The topological polar surface area (TPSA) is 64.6 Å². The molecule has 1 saturated heterocycles. The maximum atomic E-state index is 13.6. The molecule has 0 bridgehead atoms. The molecule has 7 nitrogen and oxygen atoms in total. The van der Waals surface area contributed by atoms with Gasteiger partial charge in [0.25, 0.3) is 0 Å². The second-order valence-corrected chi connectivity index (χ2v) is 11.8. The summed E-state index contributed by atoms with van der Waals surface area (Å²) in [6.07, 6.45) is 11.5. The molecule has 6 rings (SSSR count). The molecule has 1 saturated carbocycles. The smallest absolute Gasteiger partial charge is 0.246 e. The van der Waals surface area contributed by atoms with Crippen molar-refractivity contribution in [2.24, 2.45) is 0 Å². The summed E-state index contributed by atoms with van der Waals surface area (Å²) in [5.74, 6) is 0.268. The largest absolute Gasteiger partial charge is 0.340 e. The second-order valence-electron chi connectivity index (χ2n) is 10.3. The molecule has 1 amide bonds. The fourth-order valence-corrected chi connectivity index (χ4v) is 7.29. The minimum atomic E-state index is -0.460. The van der Waals surface area contributed by atoms with Crippen LogP contribution in [0.4, 0.5) is 15.9 Å². The van der Waals surface area contributed by atoms with Gasteiger partial charge in [0, 0.05) is 62.0 Å². The number of carbonyl (C=O) groups excluding carboxylic acids is 1. The van der Waals surface area contributed by atoms with Crippen molar-refractivity contribution in [1.82, 2.24) is 24.7 Å². The Morgan fingerprint density at radius 1 is 1.16 bits per heavy atom. The first-order valence-corrected chi connectivity index (χ1v) is 14.6. The van der Waals surface area contributed by atoms with Gasteiger partial charge in [-0.25, -0.2) is 14.4 Å². The van der Waals surface area contributed by atoms with Crippen molar-refractivity contribution in [2.45, 2.75) is 44.7 Å². The van der Waals surface area contributed by atoms with E-state index in [-0.39, 0.29) is 10.9 Å². The molecule has 38 heavy (non-hydrogen) atoms. The first kappa shape index (κ1) is 25.7. The number of anilines is 2. The van der Waals surface area contributed by atoms with Crippen molar-refractivity contribution >= 4 is 50.6 Å². The number of nitrogens with one attached hydrogen (secondary N) is 1. The first-order valence-electron chi connectivity index (χ1n) is 13.4. The molecule has 10 heteroatoms. The monoisotopic (exact) mass is 554 g/mol. The van der Waals surface area contributed by atoms with Crippen LogP contribution in [0.3, 0.4) is 0 Å². The van der Waals surface area contributed by atoms with Gasteiger partial charge < -0.3 is 10.2 Å². The molecule has 0 atom stereocenters. The highest BCUT2D eigenvalue weighted by molar-refractivity contribution is 7.19. The summed E-state index contributed by atoms with van der Waals surface area (Å²) >= 11 is 7.56. The van der Waals surface area contributed by atoms with Gasteiger partial charge >= 0.3 is 0 Å². The second kappa shape index (κ2) is 11.3. The number of benzene rings is 1. The zero-order valence-electron chi connectivity index (χ0n) is 21.3. The summed E-state index contributed by atoms with van der Waals surface area (Å²) in [6.45, 7) is 6.48. The van der Waals surface area contributed by atoms with Crippen LogP contribution in [0, 0.1) is 5.82 Å². The Balaban J connectivity index is 1.07. The van der Waals surface area contributed by atoms with Crippen molar-refractivity contribution < 1.29 is 9.18 Å². The van der Waals surface area contributed by atoms with E-state index in [1.54, 1.807) is 29.5 Å². The van der Waals surface area contributed by atoms with Crippen LogP contribution < -0.4 is 5.32 Å². The van der Waals surface area contributed by atoms with E-state index >= 15 is 0 Å². The number of aromatic nitrogens is 2. The third-order valence-electron chi connectivity index (χ3n) is 8.00. The van der Waals surface area contributed by atoms with E-state index in [1.165, 1.54) is 43.6 Å². The van der Waals surface area contributed by atoms with Crippen LogP contribution in [0.25, 0.3) is 10.2 Å². The normalized spacial score (nSPS) is 19.5. The van der Waals surface area contributed by atoms with E-state index < -0.39 is 5.82 Å². The minimum Gasteiger partial charge on any atom is -0.340 e. The zero-order chi connectivity index (χ0) is 26.1. The van der Waals surface area contributed by atoms with E-state index in [0.29, 0.717) is 24.6 Å². The molecular weight excluding hydrogens is 523 g/mol. The average Bonchev–Trinajstić information content (AvgIpc) is 3.59. The molecule has 3 aliphatic rings. The summed E-state index contributed by atoms with van der Waals surface area (Å²) in [6, 6.07) is 5.31. The van der Waals surface area contributed by atoms with Crippen molar-refractivity contribution in [2.75, 3.05) is 44.6 Å². The summed E-state index contributed by atoms with van der Waals surface area (Å²) in [7, 11) is 0. The number of fused-ring (bicyclic) bond motifs is 3. The van der Waals surface area contributed by atoms with E-state index in [0.717, 1.165) is 60.3 Å². The zero-order valence-corrected chi connectivity index (χ0v) is 22.9. The third-order valence-corrected chi connectivity index (χ3v) is 9.42. The van der Waals surface area contributed by atoms with Crippen molar-refractivity contribution in [3.05, 3.63) is 58.0 Å². The molecule has 0 radical (unpaired) electrons. The Morgan fingerprint density at radius 3 is 2.76 bits per heavy atom. The minimum absolute atomic E-state index is 0.0567. The van der Waals surface area contributed by atoms with Crippen LogP contribution in [0.5, 0.6) is 0 Å². The van der Waals surface area contributed by atoms with Crippen LogP contribution in [0.15, 0.2) is 36.7 Å². The quantitative estimate of drug-likeness (QED) is 0.421. The first-order chi connectivity index (χ1) is 18.5. The van der Waals surface area contributed by atoms with Gasteiger partial charge in [0.1, 0.15) is 22.8 Å². The molecule has 3 aromatic rings. The highest BCUT2D eigenvalue weighted by Crippen LogP contribution is 2.38. The van der Waals surface area contributed by atoms with Crippen LogP contribution in [0.1, 0.15) is 36.1 Å². The number of nitrogens with zero attached hydrogens (tertiary/aromatic N) is 5. The molecule has 1 N–H and O–H groups in total. The van der Waals surface area contributed by atoms with E-state index in [2.05, 4.69) is 25.1 Å². The van der Waals surface area contributed by atoms with Gasteiger partial charge in [0.2, 0.25) is 5.91 Å². The number of rotatable bonds is 6. The molecule has 2 aromatic heterocycles. The van der Waals surface area contributed by atoms with Gasteiger partial charge in [-0.15, -0.1) is 11.3 Å². The predicted molar refractivity (Wildman–Crippen MR) is 151 cm³/mol. The van der Waals surface area contributed by atoms with Crippen molar-refractivity contribution in [3.63, 3.8) is 0 Å². The van der Waals surface area contributed by atoms with Crippen molar-refractivity contribution in [3.8, 4) is 0 Å². The van der Waals surface area contributed by atoms with Crippen LogP contribution in [0.2, 0.25) is 5.02 Å². The standard InChI is InChI=1S/C28H32ClFN6OS/c29-22-16-19(7-8-23(22)30)33-27-26-21-9-11-36(17-24(21)38-28(26)32-18-31-27)25(37)6-3-10-34-12-14-35(15-13-34)20-4-1-2-5-20/h3,6-8,16,18,20H,1-2,4-5,9-15,17H2,(H,31,32,33)/b6-3+. The Labute approximate surface area is 231 Å². The molecule has 2 aliphatic heterocycles. The average molecular weight is 555 g/mol. The van der Waals surface area contributed by atoms with Gasteiger partial charge in [-0.3, -0.25) is 14.6 Å². The van der Waals surface area contributed by atoms with Gasteiger partial charge in [-0.05, 0) is 43.0 Å². The third kappa shape index (κ3) is 5.43. The Hall–Kier alpha value is -2.59. The van der Waals surface area contributed by atoms with Gasteiger partial charge in [0.15, 0.2) is 0 Å². The number of hydrogen-bond donors (Lipinski definition) is 1. The highest BCUT2D eigenvalue weighted by atomic mass is 35.5. The van der Waals surface area contributed by atoms with Crippen LogP contribution in [-0.4, -0.2) is 75.9 Å². The molecule has 1 aromatic carbocycles. The maximum Gasteiger partial charge on any atom is 0.246 e. The number of halogens is 2.